The molecule has 0 aliphatic carbocycles. The van der Waals surface area contributed by atoms with Gasteiger partial charge in [-0.15, -0.1) is 0 Å². The summed E-state index contributed by atoms with van der Waals surface area (Å²) in [5.41, 5.74) is 2.96. The van der Waals surface area contributed by atoms with Crippen molar-refractivity contribution in [2.24, 2.45) is 4.99 Å². The molecule has 4 nitrogen and oxygen atoms in total. The molecule has 0 saturated carbocycles. The van der Waals surface area contributed by atoms with Crippen molar-refractivity contribution in [3.05, 3.63) is 57.8 Å². The molecule has 1 aromatic heterocycles. The number of benzene rings is 1. The van der Waals surface area contributed by atoms with Crippen LogP contribution < -0.4 is 0 Å². The van der Waals surface area contributed by atoms with Crippen LogP contribution in [0.2, 0.25) is 0 Å². The van der Waals surface area contributed by atoms with E-state index in [1.54, 1.807) is 18.0 Å². The highest BCUT2D eigenvalue weighted by Gasteiger charge is 2.44. The Labute approximate surface area is 154 Å². The normalized spacial score (nSPS) is 25.7. The molecule has 0 bridgehead atoms. The van der Waals surface area contributed by atoms with E-state index in [2.05, 4.69) is 38.8 Å². The Morgan fingerprint density at radius 3 is 2.92 bits per heavy atom. The number of nitrogens with zero attached hydrogens (tertiary/aromatic N) is 3. The Kier molecular flexibility index (Phi) is 4.04. The molecule has 1 fully saturated rings. The van der Waals surface area contributed by atoms with Gasteiger partial charge >= 0.3 is 0 Å². The summed E-state index contributed by atoms with van der Waals surface area (Å²) >= 11 is 5.28. The molecule has 0 radical (unpaired) electrons. The first-order valence-electron chi connectivity index (χ1n) is 7.95. The second kappa shape index (κ2) is 6.08. The number of rotatable bonds is 2. The van der Waals surface area contributed by atoms with Crippen LogP contribution in [-0.4, -0.2) is 32.0 Å². The number of halogens is 1. The zero-order chi connectivity index (χ0) is 16.8. The monoisotopic (exact) mass is 403 g/mol. The predicted octanol–water partition coefficient (Wildman–Crippen LogP) is 4.45. The van der Waals surface area contributed by atoms with Crippen LogP contribution in [0.5, 0.6) is 5.75 Å². The maximum absolute atomic E-state index is 10.7. The van der Waals surface area contributed by atoms with Gasteiger partial charge in [-0.1, -0.05) is 30.8 Å². The van der Waals surface area contributed by atoms with Crippen LogP contribution in [0.4, 0.5) is 0 Å². The van der Waals surface area contributed by atoms with Gasteiger partial charge in [0.15, 0.2) is 5.17 Å². The fourth-order valence-electron chi connectivity index (χ4n) is 3.44. The Morgan fingerprint density at radius 2 is 2.17 bits per heavy atom. The number of aromatic hydroxyl groups is 1. The van der Waals surface area contributed by atoms with Gasteiger partial charge in [-0.3, -0.25) is 9.98 Å². The molecule has 4 rings (SSSR count). The maximum Gasteiger partial charge on any atom is 0.160 e. The van der Waals surface area contributed by atoms with E-state index >= 15 is 0 Å². The highest BCUT2D eigenvalue weighted by atomic mass is 79.9. The van der Waals surface area contributed by atoms with Crippen LogP contribution in [-0.2, 0) is 0 Å². The highest BCUT2D eigenvalue weighted by Crippen LogP contribution is 2.50. The van der Waals surface area contributed by atoms with Crippen LogP contribution in [0.1, 0.15) is 35.8 Å². The van der Waals surface area contributed by atoms with Crippen molar-refractivity contribution in [2.75, 3.05) is 6.54 Å². The first-order valence-corrected chi connectivity index (χ1v) is 9.63. The summed E-state index contributed by atoms with van der Waals surface area (Å²) < 4.78 is 0.727. The van der Waals surface area contributed by atoms with Gasteiger partial charge < -0.3 is 10.0 Å². The average Bonchev–Trinajstić information content (AvgIpc) is 3.07. The number of aryl methyl sites for hydroxylation is 1. The van der Waals surface area contributed by atoms with Crippen molar-refractivity contribution in [3.63, 3.8) is 0 Å². The van der Waals surface area contributed by atoms with Crippen molar-refractivity contribution >= 4 is 32.9 Å². The van der Waals surface area contributed by atoms with Crippen molar-refractivity contribution in [1.29, 1.82) is 0 Å². The highest BCUT2D eigenvalue weighted by molar-refractivity contribution is 9.10. The molecule has 0 spiro atoms. The molecule has 3 atom stereocenters. The van der Waals surface area contributed by atoms with E-state index in [4.69, 9.17) is 4.99 Å². The molecule has 6 heteroatoms. The van der Waals surface area contributed by atoms with Crippen molar-refractivity contribution in [1.82, 2.24) is 9.88 Å². The molecule has 2 aliphatic rings. The quantitative estimate of drug-likeness (QED) is 0.804. The van der Waals surface area contributed by atoms with E-state index in [-0.39, 0.29) is 12.1 Å². The molecule has 1 saturated heterocycles. The van der Waals surface area contributed by atoms with Gasteiger partial charge in [0.25, 0.3) is 0 Å². The number of aliphatic imine (C=N–C) groups is 1. The lowest BCUT2D eigenvalue weighted by molar-refractivity contribution is 0.311. The second-order valence-corrected chi connectivity index (χ2v) is 8.58. The number of amidine groups is 1. The maximum atomic E-state index is 10.7. The molecule has 0 amide bonds. The number of pyridine rings is 1. The van der Waals surface area contributed by atoms with E-state index in [1.807, 2.05) is 31.2 Å². The molecular formula is C18H18BrN3OS. The minimum atomic E-state index is -0.0965. The molecule has 3 heterocycles. The average molecular weight is 404 g/mol. The number of hydrogen-bond acceptors (Lipinski definition) is 5. The first-order chi connectivity index (χ1) is 11.5. The summed E-state index contributed by atoms with van der Waals surface area (Å²) in [6, 6.07) is 9.80. The van der Waals surface area contributed by atoms with Crippen molar-refractivity contribution in [2.45, 2.75) is 31.2 Å². The summed E-state index contributed by atoms with van der Waals surface area (Å²) in [6.07, 6.45) is 1.80. The van der Waals surface area contributed by atoms with Gasteiger partial charge in [0.2, 0.25) is 0 Å². The van der Waals surface area contributed by atoms with E-state index in [1.165, 1.54) is 0 Å². The molecule has 124 valence electrons. The van der Waals surface area contributed by atoms with Gasteiger partial charge in [-0.2, -0.15) is 0 Å². The van der Waals surface area contributed by atoms with Gasteiger partial charge in [0.1, 0.15) is 11.8 Å². The molecule has 2 aliphatic heterocycles. The van der Waals surface area contributed by atoms with Gasteiger partial charge in [0, 0.05) is 23.6 Å². The number of phenolic OH excluding ortho intramolecular Hbond substituents is 1. The molecule has 2 aromatic rings. The number of fused-ring (bicyclic) bond motifs is 1. The largest absolute Gasteiger partial charge is 0.506 e. The van der Waals surface area contributed by atoms with E-state index in [9.17, 15) is 5.11 Å². The summed E-state index contributed by atoms with van der Waals surface area (Å²) in [5.74, 6) is 0.299. The second-order valence-electron chi connectivity index (χ2n) is 6.32. The lowest BCUT2D eigenvalue weighted by atomic mass is 9.94. The summed E-state index contributed by atoms with van der Waals surface area (Å²) in [5, 5.41) is 12.2. The minimum Gasteiger partial charge on any atom is -0.506 e. The lowest BCUT2D eigenvalue weighted by Crippen LogP contribution is -2.28. The predicted molar refractivity (Wildman–Crippen MR) is 101 cm³/mol. The standard InChI is InChI=1S/C18H18BrN3OS/c1-10-7-12(17(23)13(19)8-10)16-15(14-5-3-4-6-20-14)21-18-22(16)9-11(2)24-18/h3-8,11,15-16,23H,9H2,1-2H3/t11-,15+,16-/m1/s1. The summed E-state index contributed by atoms with van der Waals surface area (Å²) in [7, 11) is 0. The van der Waals surface area contributed by atoms with Crippen LogP contribution in [0.3, 0.4) is 0 Å². The Hall–Kier alpha value is -1.53. The first kappa shape index (κ1) is 16.0. The van der Waals surface area contributed by atoms with E-state index in [0.717, 1.165) is 33.0 Å². The Bertz CT molecular complexity index is 811. The lowest BCUT2D eigenvalue weighted by Gasteiger charge is -2.28. The van der Waals surface area contributed by atoms with Crippen LogP contribution >= 0.6 is 27.7 Å². The number of aromatic nitrogens is 1. The topological polar surface area (TPSA) is 48.7 Å². The van der Waals surface area contributed by atoms with Crippen LogP contribution in [0, 0.1) is 6.92 Å². The number of phenols is 1. The molecule has 24 heavy (non-hydrogen) atoms. The fraction of sp³-hybridized carbons (Fsp3) is 0.333. The Morgan fingerprint density at radius 1 is 1.33 bits per heavy atom. The van der Waals surface area contributed by atoms with Crippen LogP contribution in [0.25, 0.3) is 0 Å². The molecule has 1 N–H and O–H groups in total. The van der Waals surface area contributed by atoms with E-state index in [0.29, 0.717) is 11.0 Å². The zero-order valence-electron chi connectivity index (χ0n) is 13.5. The smallest absolute Gasteiger partial charge is 0.160 e. The SMILES string of the molecule is Cc1cc(Br)c(O)c([C@@H]2[C@H](c3ccccn3)N=C3S[C@H](C)CN32)c1. The molecular weight excluding hydrogens is 386 g/mol. The van der Waals surface area contributed by atoms with Crippen LogP contribution in [0.15, 0.2) is 46.0 Å². The summed E-state index contributed by atoms with van der Waals surface area (Å²) in [4.78, 5) is 11.8. The third kappa shape index (κ3) is 2.62. The zero-order valence-corrected chi connectivity index (χ0v) is 15.9. The van der Waals surface area contributed by atoms with Gasteiger partial charge in [0.05, 0.1) is 16.2 Å². The number of hydrogen-bond donors (Lipinski definition) is 1. The van der Waals surface area contributed by atoms with Crippen molar-refractivity contribution in [3.8, 4) is 5.75 Å². The molecule has 0 unspecified atom stereocenters. The van der Waals surface area contributed by atoms with E-state index < -0.39 is 0 Å². The van der Waals surface area contributed by atoms with Crippen molar-refractivity contribution < 1.29 is 5.11 Å². The van der Waals surface area contributed by atoms with Gasteiger partial charge in [-0.25, -0.2) is 0 Å². The summed E-state index contributed by atoms with van der Waals surface area (Å²) in [6.45, 7) is 5.19. The fourth-order valence-corrected chi connectivity index (χ4v) is 5.12. The molecule has 1 aromatic carbocycles. The third-order valence-corrected chi connectivity index (χ3v) is 6.14. The number of thioether (sulfide) groups is 1. The Balaban J connectivity index is 1.85. The third-order valence-electron chi connectivity index (χ3n) is 4.44. The minimum absolute atomic E-state index is 0.0245. The van der Waals surface area contributed by atoms with Gasteiger partial charge in [-0.05, 0) is 46.6 Å².